The Kier molecular flexibility index (Phi) is 6.53. The van der Waals surface area contributed by atoms with Gasteiger partial charge in [-0.15, -0.1) is 0 Å². The van der Waals surface area contributed by atoms with Crippen molar-refractivity contribution in [3.63, 3.8) is 0 Å². The largest absolute Gasteiger partial charge is 0.396 e. The highest BCUT2D eigenvalue weighted by atomic mass is 16.5. The molecule has 0 saturated carbocycles. The van der Waals surface area contributed by atoms with Gasteiger partial charge in [0.05, 0.1) is 5.60 Å². The first-order valence-electron chi connectivity index (χ1n) is 6.17. The van der Waals surface area contributed by atoms with Crippen molar-refractivity contribution >= 4 is 0 Å². The summed E-state index contributed by atoms with van der Waals surface area (Å²) in [5.41, 5.74) is 5.57. The second kappa shape index (κ2) is 6.58. The maximum Gasteiger partial charge on any atom is 0.0623 e. The van der Waals surface area contributed by atoms with Crippen LogP contribution in [0.3, 0.4) is 0 Å². The molecule has 0 aliphatic carbocycles. The van der Waals surface area contributed by atoms with Crippen molar-refractivity contribution in [1.29, 1.82) is 0 Å². The van der Waals surface area contributed by atoms with Crippen LogP contribution >= 0.6 is 0 Å². The van der Waals surface area contributed by atoms with E-state index in [4.69, 9.17) is 10.5 Å². The van der Waals surface area contributed by atoms with Crippen LogP contribution < -0.4 is 5.73 Å². The molecular formula is C13H29NO2. The summed E-state index contributed by atoms with van der Waals surface area (Å²) in [5.74, 6) is 0.557. The number of hydrogen-bond donors (Lipinski definition) is 2. The van der Waals surface area contributed by atoms with E-state index >= 15 is 0 Å². The van der Waals surface area contributed by atoms with Crippen LogP contribution in [-0.4, -0.2) is 31.0 Å². The second-order valence-electron chi connectivity index (χ2n) is 5.92. The minimum Gasteiger partial charge on any atom is -0.396 e. The van der Waals surface area contributed by atoms with Gasteiger partial charge in [-0.3, -0.25) is 0 Å². The van der Waals surface area contributed by atoms with Crippen LogP contribution in [0.1, 0.15) is 47.0 Å². The van der Waals surface area contributed by atoms with Gasteiger partial charge in [0.2, 0.25) is 0 Å². The van der Waals surface area contributed by atoms with Crippen LogP contribution in [0.2, 0.25) is 0 Å². The highest BCUT2D eigenvalue weighted by Crippen LogP contribution is 2.33. The summed E-state index contributed by atoms with van der Waals surface area (Å²) in [7, 11) is 1.73. The number of rotatable bonds is 8. The molecular weight excluding hydrogens is 202 g/mol. The van der Waals surface area contributed by atoms with E-state index < -0.39 is 0 Å². The molecule has 0 amide bonds. The summed E-state index contributed by atoms with van der Waals surface area (Å²) in [6.07, 6.45) is 2.81. The predicted octanol–water partition coefficient (Wildman–Crippen LogP) is 2.18. The lowest BCUT2D eigenvalue weighted by Gasteiger charge is -2.35. The number of ether oxygens (including phenoxy) is 1. The molecule has 0 aliphatic heterocycles. The maximum atomic E-state index is 9.57. The van der Waals surface area contributed by atoms with Crippen molar-refractivity contribution in [1.82, 2.24) is 0 Å². The average Bonchev–Trinajstić information content (AvgIpc) is 2.24. The quantitative estimate of drug-likeness (QED) is 0.673. The van der Waals surface area contributed by atoms with Gasteiger partial charge < -0.3 is 15.6 Å². The molecule has 98 valence electrons. The molecule has 1 unspecified atom stereocenters. The van der Waals surface area contributed by atoms with Gasteiger partial charge in [-0.2, -0.15) is 0 Å². The first-order valence-corrected chi connectivity index (χ1v) is 6.17. The minimum atomic E-state index is -0.135. The Morgan fingerprint density at radius 3 is 2.12 bits per heavy atom. The van der Waals surface area contributed by atoms with E-state index in [-0.39, 0.29) is 17.6 Å². The van der Waals surface area contributed by atoms with Crippen LogP contribution in [0.15, 0.2) is 0 Å². The summed E-state index contributed by atoms with van der Waals surface area (Å²) < 4.78 is 5.40. The third-order valence-electron chi connectivity index (χ3n) is 3.42. The smallest absolute Gasteiger partial charge is 0.0623 e. The molecule has 0 aromatic carbocycles. The van der Waals surface area contributed by atoms with Crippen LogP contribution in [0.25, 0.3) is 0 Å². The fourth-order valence-electron chi connectivity index (χ4n) is 2.03. The third kappa shape index (κ3) is 5.28. The molecule has 0 saturated heterocycles. The van der Waals surface area contributed by atoms with E-state index in [1.165, 1.54) is 0 Å². The Bertz CT molecular complexity index is 186. The molecule has 16 heavy (non-hydrogen) atoms. The number of hydrogen-bond acceptors (Lipinski definition) is 3. The standard InChI is InChI=1S/C13H29NO2/c1-11(2)8-13(9-14,10-15)7-6-12(3,4)16-5/h11,15H,6-10,14H2,1-5H3. The Labute approximate surface area is 100 Å². The third-order valence-corrected chi connectivity index (χ3v) is 3.42. The molecule has 0 aliphatic rings. The molecule has 0 radical (unpaired) electrons. The number of nitrogens with two attached hydrogens (primary N) is 1. The van der Waals surface area contributed by atoms with Crippen molar-refractivity contribution in [3.8, 4) is 0 Å². The predicted molar refractivity (Wildman–Crippen MR) is 68.4 cm³/mol. The molecule has 0 bridgehead atoms. The maximum absolute atomic E-state index is 9.57. The van der Waals surface area contributed by atoms with E-state index in [9.17, 15) is 5.11 Å². The monoisotopic (exact) mass is 231 g/mol. The summed E-state index contributed by atoms with van der Waals surface area (Å²) in [4.78, 5) is 0. The van der Waals surface area contributed by atoms with E-state index in [2.05, 4.69) is 27.7 Å². The zero-order valence-corrected chi connectivity index (χ0v) is 11.5. The molecule has 0 aromatic heterocycles. The van der Waals surface area contributed by atoms with Gasteiger partial charge in [0.1, 0.15) is 0 Å². The summed E-state index contributed by atoms with van der Waals surface area (Å²) in [6.45, 7) is 9.19. The van der Waals surface area contributed by atoms with Crippen LogP contribution in [0.4, 0.5) is 0 Å². The van der Waals surface area contributed by atoms with Crippen molar-refractivity contribution in [2.45, 2.75) is 52.6 Å². The Balaban J connectivity index is 4.43. The Morgan fingerprint density at radius 1 is 1.25 bits per heavy atom. The van der Waals surface area contributed by atoms with Crippen molar-refractivity contribution in [3.05, 3.63) is 0 Å². The van der Waals surface area contributed by atoms with Crippen molar-refractivity contribution in [2.24, 2.45) is 17.1 Å². The van der Waals surface area contributed by atoms with Gasteiger partial charge in [-0.25, -0.2) is 0 Å². The van der Waals surface area contributed by atoms with Gasteiger partial charge in [0.25, 0.3) is 0 Å². The molecule has 0 fully saturated rings. The molecule has 0 heterocycles. The van der Waals surface area contributed by atoms with Gasteiger partial charge in [0.15, 0.2) is 0 Å². The number of aliphatic hydroxyl groups is 1. The van der Waals surface area contributed by atoms with E-state index in [0.29, 0.717) is 12.5 Å². The van der Waals surface area contributed by atoms with Gasteiger partial charge >= 0.3 is 0 Å². The zero-order valence-electron chi connectivity index (χ0n) is 11.5. The average molecular weight is 231 g/mol. The molecule has 3 heteroatoms. The van der Waals surface area contributed by atoms with E-state index in [1.54, 1.807) is 7.11 Å². The van der Waals surface area contributed by atoms with Gasteiger partial charge in [-0.1, -0.05) is 13.8 Å². The second-order valence-corrected chi connectivity index (χ2v) is 5.92. The highest BCUT2D eigenvalue weighted by Gasteiger charge is 2.31. The van der Waals surface area contributed by atoms with Gasteiger partial charge in [0, 0.05) is 25.7 Å². The minimum absolute atomic E-state index is 0.132. The fraction of sp³-hybridized carbons (Fsp3) is 1.00. The summed E-state index contributed by atoms with van der Waals surface area (Å²) in [5, 5.41) is 9.57. The summed E-state index contributed by atoms with van der Waals surface area (Å²) >= 11 is 0. The lowest BCUT2D eigenvalue weighted by Crippen LogP contribution is -2.38. The van der Waals surface area contributed by atoms with Gasteiger partial charge in [-0.05, 0) is 39.0 Å². The Morgan fingerprint density at radius 2 is 1.81 bits per heavy atom. The summed E-state index contributed by atoms with van der Waals surface area (Å²) in [6, 6.07) is 0. The molecule has 0 aromatic rings. The fourth-order valence-corrected chi connectivity index (χ4v) is 2.03. The van der Waals surface area contributed by atoms with E-state index in [1.807, 2.05) is 0 Å². The molecule has 1 atom stereocenters. The van der Waals surface area contributed by atoms with Crippen LogP contribution in [0.5, 0.6) is 0 Å². The van der Waals surface area contributed by atoms with Crippen molar-refractivity contribution < 1.29 is 9.84 Å². The first-order chi connectivity index (χ1) is 7.31. The number of aliphatic hydroxyl groups excluding tert-OH is 1. The lowest BCUT2D eigenvalue weighted by atomic mass is 9.75. The molecule has 0 rings (SSSR count). The van der Waals surface area contributed by atoms with Crippen molar-refractivity contribution in [2.75, 3.05) is 20.3 Å². The molecule has 3 nitrogen and oxygen atoms in total. The first kappa shape index (κ1) is 15.9. The molecule has 3 N–H and O–H groups in total. The van der Waals surface area contributed by atoms with E-state index in [0.717, 1.165) is 19.3 Å². The highest BCUT2D eigenvalue weighted by molar-refractivity contribution is 4.84. The SMILES string of the molecule is COC(C)(C)CCC(CN)(CO)CC(C)C. The molecule has 0 spiro atoms. The van der Waals surface area contributed by atoms with Crippen LogP contribution in [-0.2, 0) is 4.74 Å². The number of methoxy groups -OCH3 is 1. The normalized spacial score (nSPS) is 16.5. The Hall–Kier alpha value is -0.120. The van der Waals surface area contributed by atoms with Crippen LogP contribution in [0, 0.1) is 11.3 Å². The zero-order chi connectivity index (χ0) is 12.8. The topological polar surface area (TPSA) is 55.5 Å². The lowest BCUT2D eigenvalue weighted by molar-refractivity contribution is -0.00581.